The van der Waals surface area contributed by atoms with Gasteiger partial charge >= 0.3 is 0 Å². The van der Waals surface area contributed by atoms with E-state index in [2.05, 4.69) is 32.2 Å². The highest BCUT2D eigenvalue weighted by Crippen LogP contribution is 2.38. The summed E-state index contributed by atoms with van der Waals surface area (Å²) >= 11 is 0. The second-order valence-corrected chi connectivity index (χ2v) is 9.02. The van der Waals surface area contributed by atoms with E-state index >= 15 is 0 Å². The molecule has 9 nitrogen and oxygen atoms in total. The van der Waals surface area contributed by atoms with E-state index in [9.17, 15) is 4.79 Å². The largest absolute Gasteiger partial charge is 0.493 e. The van der Waals surface area contributed by atoms with Gasteiger partial charge in [-0.05, 0) is 66.6 Å². The molecular formula is C28H28N6O3. The van der Waals surface area contributed by atoms with Crippen LogP contribution in [0.2, 0.25) is 0 Å². The lowest BCUT2D eigenvalue weighted by atomic mass is 9.94. The standard InChI is InChI=1S/C28H28N6O3/c1-17-8-11-22(12-9-17)30-27(35)25-19(3)29-28-31-32-33-34(28)26(25)21-10-13-23(24(15-21)36-4)37-16-20-7-5-6-18(2)14-20/h5-15,26H,16H2,1-4H3,(H,30,35)(H,29,31,33). The second-order valence-electron chi connectivity index (χ2n) is 9.02. The number of fused-ring (bicyclic) bond motifs is 1. The molecule has 4 aromatic rings. The zero-order chi connectivity index (χ0) is 25.9. The third-order valence-corrected chi connectivity index (χ3v) is 6.25. The molecular weight excluding hydrogens is 468 g/mol. The van der Waals surface area contributed by atoms with Crippen LogP contribution in [-0.2, 0) is 11.4 Å². The van der Waals surface area contributed by atoms with Crippen LogP contribution in [0.1, 0.15) is 35.2 Å². The van der Waals surface area contributed by atoms with Gasteiger partial charge in [0.05, 0.1) is 12.7 Å². The van der Waals surface area contributed by atoms with Crippen LogP contribution in [0.25, 0.3) is 0 Å². The van der Waals surface area contributed by atoms with Gasteiger partial charge in [-0.25, -0.2) is 0 Å². The molecule has 2 N–H and O–H groups in total. The van der Waals surface area contributed by atoms with Gasteiger partial charge in [0.2, 0.25) is 5.95 Å². The number of amides is 1. The van der Waals surface area contributed by atoms with E-state index in [1.54, 1.807) is 11.8 Å². The second kappa shape index (κ2) is 10.1. The molecule has 1 atom stereocenters. The number of aryl methyl sites for hydroxylation is 2. The predicted octanol–water partition coefficient (Wildman–Crippen LogP) is 4.81. The number of tetrazole rings is 1. The van der Waals surface area contributed by atoms with E-state index in [4.69, 9.17) is 9.47 Å². The topological polar surface area (TPSA) is 103 Å². The Morgan fingerprint density at radius 3 is 2.57 bits per heavy atom. The van der Waals surface area contributed by atoms with E-state index < -0.39 is 6.04 Å². The number of ether oxygens (including phenoxy) is 2. The van der Waals surface area contributed by atoms with E-state index in [1.165, 1.54) is 5.56 Å². The fraction of sp³-hybridized carbons (Fsp3) is 0.214. The van der Waals surface area contributed by atoms with Gasteiger partial charge in [-0.1, -0.05) is 58.7 Å². The summed E-state index contributed by atoms with van der Waals surface area (Å²) in [6.07, 6.45) is 0. The number of hydrogen-bond acceptors (Lipinski definition) is 7. The predicted molar refractivity (Wildman–Crippen MR) is 141 cm³/mol. The molecule has 0 spiro atoms. The summed E-state index contributed by atoms with van der Waals surface area (Å²) < 4.78 is 13.3. The number of carbonyl (C=O) groups is 1. The number of rotatable bonds is 7. The van der Waals surface area contributed by atoms with Crippen molar-refractivity contribution in [1.29, 1.82) is 0 Å². The zero-order valence-corrected chi connectivity index (χ0v) is 21.1. The normalized spacial score (nSPS) is 14.5. The summed E-state index contributed by atoms with van der Waals surface area (Å²) in [5.74, 6) is 1.35. The Hall–Kier alpha value is -4.66. The van der Waals surface area contributed by atoms with Gasteiger partial charge in [0.25, 0.3) is 5.91 Å². The molecule has 0 aliphatic carbocycles. The molecule has 1 aliphatic rings. The number of hydrogen-bond donors (Lipinski definition) is 2. The van der Waals surface area contributed by atoms with Crippen molar-refractivity contribution < 1.29 is 14.3 Å². The zero-order valence-electron chi connectivity index (χ0n) is 21.1. The molecule has 9 heteroatoms. The van der Waals surface area contributed by atoms with Crippen LogP contribution in [0.15, 0.2) is 78.0 Å². The molecule has 1 amide bonds. The highest BCUT2D eigenvalue weighted by molar-refractivity contribution is 6.06. The minimum Gasteiger partial charge on any atom is -0.493 e. The summed E-state index contributed by atoms with van der Waals surface area (Å²) in [7, 11) is 1.59. The Morgan fingerprint density at radius 1 is 1.00 bits per heavy atom. The summed E-state index contributed by atoms with van der Waals surface area (Å²) in [4.78, 5) is 13.5. The van der Waals surface area contributed by atoms with Crippen molar-refractivity contribution in [3.63, 3.8) is 0 Å². The Bertz CT molecular complexity index is 1480. The van der Waals surface area contributed by atoms with Crippen molar-refractivity contribution in [2.75, 3.05) is 17.7 Å². The van der Waals surface area contributed by atoms with Crippen LogP contribution in [0.5, 0.6) is 11.5 Å². The quantitative estimate of drug-likeness (QED) is 0.379. The maximum Gasteiger partial charge on any atom is 0.255 e. The third-order valence-electron chi connectivity index (χ3n) is 6.25. The Labute approximate surface area is 215 Å². The first-order valence-electron chi connectivity index (χ1n) is 11.9. The number of anilines is 2. The lowest BCUT2D eigenvalue weighted by molar-refractivity contribution is -0.113. The van der Waals surface area contributed by atoms with Crippen LogP contribution < -0.4 is 20.1 Å². The molecule has 0 saturated heterocycles. The molecule has 2 heterocycles. The highest BCUT2D eigenvalue weighted by Gasteiger charge is 2.34. The molecule has 3 aromatic carbocycles. The Morgan fingerprint density at radius 2 is 1.81 bits per heavy atom. The Kier molecular flexibility index (Phi) is 6.59. The fourth-order valence-electron chi connectivity index (χ4n) is 4.39. The molecule has 37 heavy (non-hydrogen) atoms. The molecule has 0 fully saturated rings. The Balaban J connectivity index is 1.47. The molecule has 1 unspecified atom stereocenters. The van der Waals surface area contributed by atoms with Crippen molar-refractivity contribution >= 4 is 17.5 Å². The minimum atomic E-state index is -0.573. The molecule has 188 valence electrons. The summed E-state index contributed by atoms with van der Waals surface area (Å²) in [6.45, 7) is 6.30. The smallest absolute Gasteiger partial charge is 0.255 e. The number of allylic oxidation sites excluding steroid dienone is 1. The van der Waals surface area contributed by atoms with Gasteiger partial charge in [-0.3, -0.25) is 4.79 Å². The SMILES string of the molecule is COc1cc(C2C(C(=O)Nc3ccc(C)cc3)=C(C)Nc3nnnn32)ccc1OCc1cccc(C)c1. The van der Waals surface area contributed by atoms with E-state index in [0.29, 0.717) is 41.0 Å². The van der Waals surface area contributed by atoms with Gasteiger partial charge < -0.3 is 20.1 Å². The van der Waals surface area contributed by atoms with Gasteiger partial charge in [0, 0.05) is 11.4 Å². The van der Waals surface area contributed by atoms with E-state index in [-0.39, 0.29) is 5.91 Å². The van der Waals surface area contributed by atoms with Crippen molar-refractivity contribution in [1.82, 2.24) is 20.2 Å². The first-order valence-corrected chi connectivity index (χ1v) is 11.9. The summed E-state index contributed by atoms with van der Waals surface area (Å²) in [5, 5.41) is 18.2. The minimum absolute atomic E-state index is 0.251. The number of methoxy groups -OCH3 is 1. The lowest BCUT2D eigenvalue weighted by Gasteiger charge is -2.28. The van der Waals surface area contributed by atoms with Crippen molar-refractivity contribution in [2.45, 2.75) is 33.4 Å². The van der Waals surface area contributed by atoms with Gasteiger partial charge in [0.15, 0.2) is 11.5 Å². The fourth-order valence-corrected chi connectivity index (χ4v) is 4.39. The summed E-state index contributed by atoms with van der Waals surface area (Å²) in [6, 6.07) is 20.9. The van der Waals surface area contributed by atoms with Crippen molar-refractivity contribution in [2.24, 2.45) is 0 Å². The van der Waals surface area contributed by atoms with Gasteiger partial charge in [-0.2, -0.15) is 4.68 Å². The van der Waals surface area contributed by atoms with E-state index in [1.807, 2.05) is 81.4 Å². The van der Waals surface area contributed by atoms with Crippen LogP contribution >= 0.6 is 0 Å². The maximum absolute atomic E-state index is 13.5. The molecule has 0 bridgehead atoms. The van der Waals surface area contributed by atoms with Crippen LogP contribution in [0.3, 0.4) is 0 Å². The number of nitrogens with one attached hydrogen (secondary N) is 2. The maximum atomic E-state index is 13.5. The van der Waals surface area contributed by atoms with Gasteiger partial charge in [-0.15, -0.1) is 0 Å². The number of aromatic nitrogens is 4. The summed E-state index contributed by atoms with van der Waals surface area (Å²) in [5.41, 5.74) is 5.99. The lowest BCUT2D eigenvalue weighted by Crippen LogP contribution is -2.31. The number of benzene rings is 3. The van der Waals surface area contributed by atoms with Crippen molar-refractivity contribution in [3.05, 3.63) is 100 Å². The van der Waals surface area contributed by atoms with Crippen LogP contribution in [0.4, 0.5) is 11.6 Å². The van der Waals surface area contributed by atoms with Crippen LogP contribution in [-0.4, -0.2) is 33.2 Å². The first kappa shape index (κ1) is 24.1. The van der Waals surface area contributed by atoms with Gasteiger partial charge in [0.1, 0.15) is 12.6 Å². The average molecular weight is 497 g/mol. The third kappa shape index (κ3) is 5.02. The van der Waals surface area contributed by atoms with Crippen LogP contribution in [0, 0.1) is 13.8 Å². The highest BCUT2D eigenvalue weighted by atomic mass is 16.5. The van der Waals surface area contributed by atoms with Crippen molar-refractivity contribution in [3.8, 4) is 11.5 Å². The molecule has 0 radical (unpaired) electrons. The number of nitrogens with zero attached hydrogens (tertiary/aromatic N) is 4. The first-order chi connectivity index (χ1) is 17.9. The molecule has 1 aliphatic heterocycles. The number of carbonyl (C=O) groups excluding carboxylic acids is 1. The monoisotopic (exact) mass is 496 g/mol. The molecule has 0 saturated carbocycles. The molecule has 5 rings (SSSR count). The average Bonchev–Trinajstić information content (AvgIpc) is 3.36. The van der Waals surface area contributed by atoms with E-state index in [0.717, 1.165) is 16.7 Å². The molecule has 1 aromatic heterocycles.